The predicted molar refractivity (Wildman–Crippen MR) is 116 cm³/mol. The van der Waals surface area contributed by atoms with Gasteiger partial charge in [-0.05, 0) is 61.6 Å². The molecule has 1 fully saturated rings. The molecule has 0 radical (unpaired) electrons. The molecule has 5 heteroatoms. The highest BCUT2D eigenvalue weighted by Crippen LogP contribution is 2.30. The van der Waals surface area contributed by atoms with Gasteiger partial charge in [-0.15, -0.1) is 0 Å². The van der Waals surface area contributed by atoms with E-state index in [0.717, 1.165) is 68.8 Å². The number of anilines is 2. The van der Waals surface area contributed by atoms with E-state index in [-0.39, 0.29) is 17.7 Å². The summed E-state index contributed by atoms with van der Waals surface area (Å²) in [7, 11) is 0. The van der Waals surface area contributed by atoms with Crippen molar-refractivity contribution in [3.8, 4) is 0 Å². The normalized spacial score (nSPS) is 19.5. The Morgan fingerprint density at radius 3 is 2.69 bits per heavy atom. The molecule has 1 unspecified atom stereocenters. The maximum Gasteiger partial charge on any atom is 0.228 e. The molecule has 0 spiro atoms. The van der Waals surface area contributed by atoms with Crippen LogP contribution in [-0.2, 0) is 22.6 Å². The largest absolute Gasteiger partial charge is 0.326 e. The van der Waals surface area contributed by atoms with Crippen molar-refractivity contribution >= 4 is 23.2 Å². The molecule has 2 heterocycles. The molecule has 5 nitrogen and oxygen atoms in total. The van der Waals surface area contributed by atoms with Crippen LogP contribution in [0.2, 0.25) is 0 Å². The number of fused-ring (bicyclic) bond motifs is 1. The van der Waals surface area contributed by atoms with Crippen LogP contribution in [0.4, 0.5) is 11.4 Å². The van der Waals surface area contributed by atoms with Crippen molar-refractivity contribution in [2.45, 2.75) is 39.2 Å². The summed E-state index contributed by atoms with van der Waals surface area (Å²) in [4.78, 5) is 28.9. The zero-order valence-electron chi connectivity index (χ0n) is 17.1. The first-order chi connectivity index (χ1) is 14.1. The summed E-state index contributed by atoms with van der Waals surface area (Å²) < 4.78 is 0. The SMILES string of the molecule is CC(=O)N1CCCc2cc(NC(=O)C3CCCN(Cc4ccccc4)C3)ccc21. The van der Waals surface area contributed by atoms with Crippen LogP contribution in [0.15, 0.2) is 48.5 Å². The van der Waals surface area contributed by atoms with Crippen molar-refractivity contribution < 1.29 is 9.59 Å². The number of carbonyl (C=O) groups is 2. The van der Waals surface area contributed by atoms with Crippen molar-refractivity contribution in [1.82, 2.24) is 4.90 Å². The van der Waals surface area contributed by atoms with Crippen LogP contribution in [0.25, 0.3) is 0 Å². The first kappa shape index (κ1) is 19.6. The monoisotopic (exact) mass is 391 g/mol. The average Bonchev–Trinajstić information content (AvgIpc) is 2.74. The third-order valence-corrected chi connectivity index (χ3v) is 5.97. The number of nitrogens with one attached hydrogen (secondary N) is 1. The summed E-state index contributed by atoms with van der Waals surface area (Å²) >= 11 is 0. The summed E-state index contributed by atoms with van der Waals surface area (Å²) in [5.41, 5.74) is 4.24. The minimum absolute atomic E-state index is 0.0113. The maximum atomic E-state index is 12.9. The van der Waals surface area contributed by atoms with E-state index >= 15 is 0 Å². The number of amides is 2. The number of hydrogen-bond acceptors (Lipinski definition) is 3. The average molecular weight is 392 g/mol. The first-order valence-corrected chi connectivity index (χ1v) is 10.6. The fraction of sp³-hybridized carbons (Fsp3) is 0.417. The second-order valence-electron chi connectivity index (χ2n) is 8.17. The Bertz CT molecular complexity index is 881. The van der Waals surface area contributed by atoms with E-state index < -0.39 is 0 Å². The number of piperidine rings is 1. The van der Waals surface area contributed by atoms with E-state index in [1.54, 1.807) is 6.92 Å². The molecule has 0 saturated carbocycles. The predicted octanol–water partition coefficient (Wildman–Crippen LogP) is 3.84. The Kier molecular flexibility index (Phi) is 5.95. The maximum absolute atomic E-state index is 12.9. The van der Waals surface area contributed by atoms with Crippen LogP contribution >= 0.6 is 0 Å². The Labute approximate surface area is 172 Å². The van der Waals surface area contributed by atoms with Gasteiger partial charge in [0.2, 0.25) is 11.8 Å². The Balaban J connectivity index is 1.39. The second kappa shape index (κ2) is 8.78. The van der Waals surface area contributed by atoms with Gasteiger partial charge in [-0.25, -0.2) is 0 Å². The summed E-state index contributed by atoms with van der Waals surface area (Å²) in [6.07, 6.45) is 3.88. The molecule has 152 valence electrons. The molecular weight excluding hydrogens is 362 g/mol. The highest BCUT2D eigenvalue weighted by atomic mass is 16.2. The van der Waals surface area contributed by atoms with E-state index in [1.165, 1.54) is 5.56 Å². The van der Waals surface area contributed by atoms with E-state index in [0.29, 0.717) is 0 Å². The van der Waals surface area contributed by atoms with Crippen LogP contribution < -0.4 is 10.2 Å². The lowest BCUT2D eigenvalue weighted by molar-refractivity contribution is -0.121. The summed E-state index contributed by atoms with van der Waals surface area (Å²) in [6.45, 7) is 5.11. The van der Waals surface area contributed by atoms with E-state index in [4.69, 9.17) is 0 Å². The standard InChI is InChI=1S/C24H29N3O2/c1-18(28)27-14-6-9-20-15-22(11-12-23(20)27)25-24(29)21-10-5-13-26(17-21)16-19-7-3-2-4-8-19/h2-4,7-8,11-12,15,21H,5-6,9-10,13-14,16-17H2,1H3,(H,25,29). The lowest BCUT2D eigenvalue weighted by atomic mass is 9.96. The van der Waals surface area contributed by atoms with Crippen molar-refractivity contribution in [1.29, 1.82) is 0 Å². The Morgan fingerprint density at radius 1 is 1.07 bits per heavy atom. The molecule has 2 aliphatic rings. The summed E-state index contributed by atoms with van der Waals surface area (Å²) in [5, 5.41) is 3.12. The number of benzene rings is 2. The topological polar surface area (TPSA) is 52.7 Å². The van der Waals surface area contributed by atoms with Gasteiger partial charge < -0.3 is 10.2 Å². The molecule has 2 aromatic rings. The third kappa shape index (κ3) is 4.67. The quantitative estimate of drug-likeness (QED) is 0.862. The fourth-order valence-electron chi connectivity index (χ4n) is 4.50. The molecule has 1 atom stereocenters. The van der Waals surface area contributed by atoms with E-state index in [9.17, 15) is 9.59 Å². The molecule has 2 amide bonds. The number of aryl methyl sites for hydroxylation is 1. The van der Waals surface area contributed by atoms with Crippen LogP contribution in [0.5, 0.6) is 0 Å². The zero-order valence-corrected chi connectivity index (χ0v) is 17.1. The van der Waals surface area contributed by atoms with Gasteiger partial charge >= 0.3 is 0 Å². The van der Waals surface area contributed by atoms with Crippen LogP contribution in [0.3, 0.4) is 0 Å². The number of hydrogen-bond donors (Lipinski definition) is 1. The lowest BCUT2D eigenvalue weighted by Gasteiger charge is -2.32. The van der Waals surface area contributed by atoms with Gasteiger partial charge in [0.15, 0.2) is 0 Å². The molecule has 1 N–H and O–H groups in total. The molecule has 4 rings (SSSR count). The number of likely N-dealkylation sites (tertiary alicyclic amines) is 1. The van der Waals surface area contributed by atoms with Crippen molar-refractivity contribution in [3.05, 3.63) is 59.7 Å². The van der Waals surface area contributed by atoms with Gasteiger partial charge in [0.25, 0.3) is 0 Å². The number of rotatable bonds is 4. The molecule has 29 heavy (non-hydrogen) atoms. The van der Waals surface area contributed by atoms with Gasteiger partial charge in [0, 0.05) is 37.9 Å². The highest BCUT2D eigenvalue weighted by molar-refractivity contribution is 5.95. The number of nitrogens with zero attached hydrogens (tertiary/aromatic N) is 2. The molecule has 0 aromatic heterocycles. The first-order valence-electron chi connectivity index (χ1n) is 10.6. The van der Waals surface area contributed by atoms with Crippen molar-refractivity contribution in [2.75, 3.05) is 29.9 Å². The van der Waals surface area contributed by atoms with Gasteiger partial charge in [-0.1, -0.05) is 30.3 Å². The summed E-state index contributed by atoms with van der Waals surface area (Å²) in [6, 6.07) is 16.4. The molecular formula is C24H29N3O2. The lowest BCUT2D eigenvalue weighted by Crippen LogP contribution is -2.40. The van der Waals surface area contributed by atoms with Crippen molar-refractivity contribution in [2.24, 2.45) is 5.92 Å². The molecule has 2 aliphatic heterocycles. The van der Waals surface area contributed by atoms with Crippen LogP contribution in [0.1, 0.15) is 37.3 Å². The molecule has 2 aromatic carbocycles. The Hall–Kier alpha value is -2.66. The molecule has 0 aliphatic carbocycles. The fourth-order valence-corrected chi connectivity index (χ4v) is 4.50. The van der Waals surface area contributed by atoms with Gasteiger partial charge in [0.1, 0.15) is 0 Å². The number of carbonyl (C=O) groups excluding carboxylic acids is 2. The minimum Gasteiger partial charge on any atom is -0.326 e. The molecule has 1 saturated heterocycles. The molecule has 0 bridgehead atoms. The van der Waals surface area contributed by atoms with Crippen LogP contribution in [0, 0.1) is 5.92 Å². The minimum atomic E-state index is 0.0113. The van der Waals surface area contributed by atoms with Gasteiger partial charge in [0.05, 0.1) is 5.92 Å². The zero-order chi connectivity index (χ0) is 20.2. The smallest absolute Gasteiger partial charge is 0.228 e. The van der Waals surface area contributed by atoms with Gasteiger partial charge in [-0.2, -0.15) is 0 Å². The third-order valence-electron chi connectivity index (χ3n) is 5.97. The van der Waals surface area contributed by atoms with E-state index in [1.807, 2.05) is 29.2 Å². The highest BCUT2D eigenvalue weighted by Gasteiger charge is 2.26. The Morgan fingerprint density at radius 2 is 1.90 bits per heavy atom. The van der Waals surface area contributed by atoms with Crippen molar-refractivity contribution in [3.63, 3.8) is 0 Å². The van der Waals surface area contributed by atoms with E-state index in [2.05, 4.69) is 34.5 Å². The van der Waals surface area contributed by atoms with Crippen LogP contribution in [-0.4, -0.2) is 36.3 Å². The van der Waals surface area contributed by atoms with Gasteiger partial charge in [-0.3, -0.25) is 14.5 Å². The summed E-state index contributed by atoms with van der Waals surface area (Å²) in [5.74, 6) is 0.183. The second-order valence-corrected chi connectivity index (χ2v) is 8.17.